The minimum absolute atomic E-state index is 0.0401. The topological polar surface area (TPSA) is 66.8 Å². The Labute approximate surface area is 187 Å². The van der Waals surface area contributed by atoms with Gasteiger partial charge in [0, 0.05) is 9.50 Å². The molecular weight excluding hydrogens is 534 g/mol. The van der Waals surface area contributed by atoms with Crippen LogP contribution in [0.1, 0.15) is 18.1 Å². The van der Waals surface area contributed by atoms with Crippen molar-refractivity contribution in [3.05, 3.63) is 60.3 Å². The molecule has 1 heterocycles. The zero-order valence-electron chi connectivity index (χ0n) is 14.5. The number of phenolic OH excluding ortho intramolecular Hbond substituents is 1. The number of aromatic hydroxyl groups is 1. The molecule has 5 nitrogen and oxygen atoms in total. The lowest BCUT2D eigenvalue weighted by molar-refractivity contribution is -0.123. The van der Waals surface area contributed by atoms with Crippen molar-refractivity contribution in [2.75, 3.05) is 6.61 Å². The van der Waals surface area contributed by atoms with Crippen molar-refractivity contribution in [1.82, 2.24) is 4.90 Å². The highest BCUT2D eigenvalue weighted by molar-refractivity contribution is 9.13. The summed E-state index contributed by atoms with van der Waals surface area (Å²) in [5.41, 5.74) is 1.41. The minimum atomic E-state index is -0.376. The highest BCUT2D eigenvalue weighted by Crippen LogP contribution is 2.44. The third-order valence-corrected chi connectivity index (χ3v) is 7.21. The molecule has 0 bridgehead atoms. The molecule has 9 heteroatoms. The Morgan fingerprint density at radius 2 is 1.89 bits per heavy atom. The van der Waals surface area contributed by atoms with Gasteiger partial charge in [-0.2, -0.15) is 0 Å². The summed E-state index contributed by atoms with van der Waals surface area (Å²) >= 11 is 13.4. The third kappa shape index (κ3) is 4.40. The molecule has 1 saturated heterocycles. The van der Waals surface area contributed by atoms with Crippen LogP contribution in [0.15, 0.2) is 44.2 Å². The van der Waals surface area contributed by atoms with E-state index in [0.717, 1.165) is 17.3 Å². The van der Waals surface area contributed by atoms with Crippen LogP contribution < -0.4 is 4.74 Å². The molecule has 1 fully saturated rings. The number of hydrogen-bond donors (Lipinski definition) is 1. The van der Waals surface area contributed by atoms with Gasteiger partial charge in [0.05, 0.1) is 22.5 Å². The zero-order chi connectivity index (χ0) is 20.4. The third-order valence-electron chi connectivity index (χ3n) is 3.89. The molecule has 2 aromatic carbocycles. The fourth-order valence-corrected chi connectivity index (χ4v) is 4.33. The molecule has 2 amide bonds. The maximum Gasteiger partial charge on any atom is 0.293 e. The molecule has 3 rings (SSSR count). The first-order chi connectivity index (χ1) is 13.3. The molecule has 0 aromatic heterocycles. The van der Waals surface area contributed by atoms with Gasteiger partial charge < -0.3 is 9.84 Å². The van der Waals surface area contributed by atoms with E-state index in [0.29, 0.717) is 31.0 Å². The average molecular weight is 548 g/mol. The monoisotopic (exact) mass is 545 g/mol. The summed E-state index contributed by atoms with van der Waals surface area (Å²) in [7, 11) is 0. The van der Waals surface area contributed by atoms with Crippen LogP contribution in [0.2, 0.25) is 5.02 Å². The Morgan fingerprint density at radius 3 is 2.54 bits per heavy atom. The Bertz CT molecular complexity index is 979. The smallest absolute Gasteiger partial charge is 0.293 e. The van der Waals surface area contributed by atoms with Gasteiger partial charge in [0.1, 0.15) is 0 Å². The summed E-state index contributed by atoms with van der Waals surface area (Å²) in [5, 5.41) is 10.4. The van der Waals surface area contributed by atoms with E-state index in [-0.39, 0.29) is 29.2 Å². The van der Waals surface area contributed by atoms with Crippen LogP contribution >= 0.6 is 55.2 Å². The number of nitrogens with zero attached hydrogens (tertiary/aromatic N) is 1. The molecule has 0 spiro atoms. The van der Waals surface area contributed by atoms with Gasteiger partial charge in [-0.1, -0.05) is 23.7 Å². The minimum Gasteiger partial charge on any atom is -0.503 e. The number of imide groups is 1. The number of carbonyl (C=O) groups excluding carboxylic acids is 2. The largest absolute Gasteiger partial charge is 0.503 e. The van der Waals surface area contributed by atoms with Gasteiger partial charge in [-0.25, -0.2) is 0 Å². The maximum atomic E-state index is 12.7. The number of amides is 2. The van der Waals surface area contributed by atoms with Gasteiger partial charge in [0.2, 0.25) is 0 Å². The molecule has 0 radical (unpaired) electrons. The molecule has 0 atom stereocenters. The average Bonchev–Trinajstić information content (AvgIpc) is 2.93. The Kier molecular flexibility index (Phi) is 6.75. The first kappa shape index (κ1) is 21.2. The van der Waals surface area contributed by atoms with Crippen LogP contribution in [0.5, 0.6) is 11.5 Å². The zero-order valence-corrected chi connectivity index (χ0v) is 19.3. The summed E-state index contributed by atoms with van der Waals surface area (Å²) in [5.74, 6) is -0.134. The number of thioether (sulfide) groups is 1. The van der Waals surface area contributed by atoms with Crippen molar-refractivity contribution in [2.45, 2.75) is 13.5 Å². The van der Waals surface area contributed by atoms with Gasteiger partial charge in [0.15, 0.2) is 11.5 Å². The lowest BCUT2D eigenvalue weighted by Crippen LogP contribution is -2.27. The van der Waals surface area contributed by atoms with E-state index < -0.39 is 0 Å². The fraction of sp³-hybridized carbons (Fsp3) is 0.158. The second-order valence-corrected chi connectivity index (χ2v) is 8.78. The number of carbonyl (C=O) groups is 2. The summed E-state index contributed by atoms with van der Waals surface area (Å²) in [4.78, 5) is 26.6. The van der Waals surface area contributed by atoms with Crippen LogP contribution in [0.3, 0.4) is 0 Å². The van der Waals surface area contributed by atoms with Crippen molar-refractivity contribution in [3.8, 4) is 11.5 Å². The standard InChI is InChI=1S/C19H14Br2ClNO4S/c1-2-27-13-7-11(15(20)16(21)17(13)24)8-14-18(25)23(19(26)28-14)9-10-3-5-12(22)6-4-10/h3-8,24H,2,9H2,1H3/b14-8-. The van der Waals surface area contributed by atoms with Gasteiger partial charge in [-0.15, -0.1) is 0 Å². The number of phenols is 1. The van der Waals surface area contributed by atoms with E-state index in [1.54, 1.807) is 43.3 Å². The Hall–Kier alpha value is -1.48. The second kappa shape index (κ2) is 8.90. The van der Waals surface area contributed by atoms with E-state index >= 15 is 0 Å². The van der Waals surface area contributed by atoms with Crippen LogP contribution in [-0.4, -0.2) is 27.8 Å². The lowest BCUT2D eigenvalue weighted by atomic mass is 10.1. The lowest BCUT2D eigenvalue weighted by Gasteiger charge is -2.13. The van der Waals surface area contributed by atoms with E-state index in [2.05, 4.69) is 31.9 Å². The van der Waals surface area contributed by atoms with E-state index in [1.807, 2.05) is 0 Å². The predicted molar refractivity (Wildman–Crippen MR) is 118 cm³/mol. The Morgan fingerprint density at radius 1 is 1.21 bits per heavy atom. The highest BCUT2D eigenvalue weighted by Gasteiger charge is 2.35. The number of halogens is 3. The molecule has 2 aromatic rings. The van der Waals surface area contributed by atoms with Gasteiger partial charge in [-0.05, 0) is 85.9 Å². The Balaban J connectivity index is 1.90. The first-order valence-electron chi connectivity index (χ1n) is 8.15. The van der Waals surface area contributed by atoms with E-state index in [4.69, 9.17) is 16.3 Å². The molecule has 1 aliphatic rings. The summed E-state index contributed by atoms with van der Waals surface area (Å²) in [6, 6.07) is 8.59. The van der Waals surface area contributed by atoms with Crippen molar-refractivity contribution in [2.24, 2.45) is 0 Å². The second-order valence-electron chi connectivity index (χ2n) is 5.77. The van der Waals surface area contributed by atoms with Crippen LogP contribution in [0.4, 0.5) is 4.79 Å². The quantitative estimate of drug-likeness (QED) is 0.451. The summed E-state index contributed by atoms with van der Waals surface area (Å²) in [6.45, 7) is 2.35. The van der Waals surface area contributed by atoms with Crippen molar-refractivity contribution >= 4 is 72.4 Å². The van der Waals surface area contributed by atoms with Gasteiger partial charge in [0.25, 0.3) is 11.1 Å². The number of ether oxygens (including phenoxy) is 1. The van der Waals surface area contributed by atoms with Crippen LogP contribution in [-0.2, 0) is 11.3 Å². The molecule has 28 heavy (non-hydrogen) atoms. The van der Waals surface area contributed by atoms with Crippen molar-refractivity contribution < 1.29 is 19.4 Å². The van der Waals surface area contributed by atoms with Crippen LogP contribution in [0, 0.1) is 0 Å². The number of rotatable bonds is 5. The SMILES string of the molecule is CCOc1cc(/C=C2\SC(=O)N(Cc3ccc(Cl)cc3)C2=O)c(Br)c(Br)c1O. The molecule has 146 valence electrons. The first-order valence-corrected chi connectivity index (χ1v) is 10.9. The van der Waals surface area contributed by atoms with Gasteiger partial charge >= 0.3 is 0 Å². The predicted octanol–water partition coefficient (Wildman–Crippen LogP) is 6.21. The summed E-state index contributed by atoms with van der Waals surface area (Å²) in [6.07, 6.45) is 1.60. The maximum absolute atomic E-state index is 12.7. The van der Waals surface area contributed by atoms with Crippen molar-refractivity contribution in [3.63, 3.8) is 0 Å². The number of hydrogen-bond acceptors (Lipinski definition) is 5. The van der Waals surface area contributed by atoms with Crippen LogP contribution in [0.25, 0.3) is 6.08 Å². The molecule has 0 saturated carbocycles. The molecule has 0 unspecified atom stereocenters. The normalized spacial score (nSPS) is 15.6. The number of benzene rings is 2. The molecule has 1 N–H and O–H groups in total. The van der Waals surface area contributed by atoms with E-state index in [9.17, 15) is 14.7 Å². The fourth-order valence-electron chi connectivity index (χ4n) is 2.53. The van der Waals surface area contributed by atoms with Gasteiger partial charge in [-0.3, -0.25) is 14.5 Å². The molecular formula is C19H14Br2ClNO4S. The van der Waals surface area contributed by atoms with E-state index in [1.165, 1.54) is 4.90 Å². The summed E-state index contributed by atoms with van der Waals surface area (Å²) < 4.78 is 6.39. The van der Waals surface area contributed by atoms with Crippen molar-refractivity contribution in [1.29, 1.82) is 0 Å². The molecule has 0 aliphatic carbocycles. The highest BCUT2D eigenvalue weighted by atomic mass is 79.9. The molecule has 1 aliphatic heterocycles.